The van der Waals surface area contributed by atoms with Crippen molar-refractivity contribution < 1.29 is 9.59 Å². The second-order valence-electron chi connectivity index (χ2n) is 9.92. The Morgan fingerprint density at radius 1 is 1.18 bits per heavy atom. The zero-order valence-corrected chi connectivity index (χ0v) is 22.3. The zero-order valence-electron chi connectivity index (χ0n) is 21.5. The van der Waals surface area contributed by atoms with E-state index in [1.165, 1.54) is 30.5 Å². The monoisotopic (exact) mass is 543 g/mol. The summed E-state index contributed by atoms with van der Waals surface area (Å²) in [6.07, 6.45) is 9.95. The van der Waals surface area contributed by atoms with Gasteiger partial charge < -0.3 is 10.6 Å². The van der Waals surface area contributed by atoms with E-state index in [9.17, 15) is 9.59 Å². The smallest absolute Gasteiger partial charge is 0.257 e. The van der Waals surface area contributed by atoms with E-state index in [0.29, 0.717) is 52.4 Å². The van der Waals surface area contributed by atoms with Crippen LogP contribution in [0.1, 0.15) is 35.7 Å². The lowest BCUT2D eigenvalue weighted by atomic mass is 10.1. The molecule has 39 heavy (non-hydrogen) atoms. The number of benzene rings is 1. The third-order valence-electron chi connectivity index (χ3n) is 7.24. The number of carbonyl (C=O) groups excluding carboxylic acids is 2. The number of nitrogen functional groups attached to an aromatic ring is 1. The number of amides is 2. The number of nitrogens with one attached hydrogen (secondary N) is 1. The van der Waals surface area contributed by atoms with Gasteiger partial charge in [-0.2, -0.15) is 5.10 Å². The van der Waals surface area contributed by atoms with Gasteiger partial charge in [0.05, 0.1) is 11.4 Å². The highest BCUT2D eigenvalue weighted by Crippen LogP contribution is 2.34. The number of carbonyl (C=O) groups is 2. The summed E-state index contributed by atoms with van der Waals surface area (Å²) in [5, 5.41) is 10.7. The molecule has 3 N–H and O–H groups in total. The predicted molar refractivity (Wildman–Crippen MR) is 150 cm³/mol. The van der Waals surface area contributed by atoms with Crippen molar-refractivity contribution in [3.8, 4) is 11.3 Å². The molecule has 1 atom stereocenters. The van der Waals surface area contributed by atoms with E-state index in [1.54, 1.807) is 29.8 Å². The highest BCUT2D eigenvalue weighted by atomic mass is 32.1. The molecule has 1 aromatic carbocycles. The largest absolute Gasteiger partial charge is 0.383 e. The lowest BCUT2D eigenvalue weighted by molar-refractivity contribution is -0.125. The number of hydrogen-bond donors (Lipinski definition) is 2. The third kappa shape index (κ3) is 5.25. The van der Waals surface area contributed by atoms with Gasteiger partial charge in [-0.15, -0.1) is 11.3 Å². The van der Waals surface area contributed by atoms with Crippen LogP contribution in [0.3, 0.4) is 0 Å². The van der Waals surface area contributed by atoms with Crippen molar-refractivity contribution in [3.05, 3.63) is 59.9 Å². The van der Waals surface area contributed by atoms with Crippen molar-refractivity contribution in [1.82, 2.24) is 34.5 Å². The number of anilines is 2. The minimum absolute atomic E-state index is 0.0131. The molecule has 1 unspecified atom stereocenters. The van der Waals surface area contributed by atoms with E-state index in [0.717, 1.165) is 18.5 Å². The minimum atomic E-state index is -0.237. The molecule has 0 radical (unpaired) electrons. The van der Waals surface area contributed by atoms with E-state index >= 15 is 0 Å². The Balaban J connectivity index is 1.21. The normalized spacial score (nSPS) is 17.5. The van der Waals surface area contributed by atoms with Crippen molar-refractivity contribution in [2.45, 2.75) is 31.3 Å². The van der Waals surface area contributed by atoms with Crippen molar-refractivity contribution in [1.29, 1.82) is 0 Å². The Labute approximate surface area is 229 Å². The number of aromatic nitrogens is 5. The maximum Gasteiger partial charge on any atom is 0.257 e. The summed E-state index contributed by atoms with van der Waals surface area (Å²) >= 11 is 1.36. The Hall–Kier alpha value is -4.16. The summed E-state index contributed by atoms with van der Waals surface area (Å²) in [4.78, 5) is 42.3. The van der Waals surface area contributed by atoms with Crippen LogP contribution in [0, 0.1) is 0 Å². The van der Waals surface area contributed by atoms with Crippen LogP contribution in [0.25, 0.3) is 22.3 Å². The Morgan fingerprint density at radius 3 is 2.74 bits per heavy atom. The minimum Gasteiger partial charge on any atom is -0.383 e. The Morgan fingerprint density at radius 2 is 2.00 bits per heavy atom. The maximum absolute atomic E-state index is 12.8. The van der Waals surface area contributed by atoms with Crippen LogP contribution in [0.15, 0.2) is 54.3 Å². The van der Waals surface area contributed by atoms with Crippen LogP contribution in [-0.4, -0.2) is 79.1 Å². The van der Waals surface area contributed by atoms with Crippen LogP contribution in [0.2, 0.25) is 0 Å². The average Bonchev–Trinajstić information content (AvgIpc) is 3.29. The van der Waals surface area contributed by atoms with Gasteiger partial charge in [-0.1, -0.05) is 18.2 Å². The summed E-state index contributed by atoms with van der Waals surface area (Å²) < 4.78 is 1.86. The first-order valence-electron chi connectivity index (χ1n) is 12.9. The van der Waals surface area contributed by atoms with Gasteiger partial charge in [-0.25, -0.2) is 19.6 Å². The van der Waals surface area contributed by atoms with Gasteiger partial charge in [0, 0.05) is 54.5 Å². The number of nitrogens with zero attached hydrogens (tertiary/aromatic N) is 7. The second kappa shape index (κ2) is 10.5. The summed E-state index contributed by atoms with van der Waals surface area (Å²) in [7, 11) is 2.09. The lowest BCUT2D eigenvalue weighted by Crippen LogP contribution is -2.28. The van der Waals surface area contributed by atoms with E-state index in [1.807, 2.05) is 27.8 Å². The van der Waals surface area contributed by atoms with E-state index < -0.39 is 0 Å². The first-order chi connectivity index (χ1) is 19.0. The third-order valence-corrected chi connectivity index (χ3v) is 7.92. The van der Waals surface area contributed by atoms with Crippen LogP contribution in [-0.2, 0) is 4.79 Å². The van der Waals surface area contributed by atoms with E-state index in [2.05, 4.69) is 32.2 Å². The number of likely N-dealkylation sites (N-methyl/N-ethyl adjacent to an activating group) is 1. The summed E-state index contributed by atoms with van der Waals surface area (Å²) in [5.74, 6) is 0.110. The fraction of sp³-hybridized carbons (Fsp3) is 0.333. The molecule has 1 saturated heterocycles. The molecular weight excluding hydrogens is 514 g/mol. The van der Waals surface area contributed by atoms with E-state index in [-0.39, 0.29) is 17.9 Å². The number of fused-ring (bicyclic) bond motifs is 1. The molecule has 4 heterocycles. The molecule has 1 aliphatic heterocycles. The van der Waals surface area contributed by atoms with Crippen molar-refractivity contribution in [3.63, 3.8) is 0 Å². The molecule has 4 aromatic rings. The lowest BCUT2D eigenvalue weighted by Gasteiger charge is -2.16. The standard InChI is InChI=1S/C27H29N9O2S/c1-34(19-8-9-19)12-2-3-21(37)35-13-10-20(15-35)36-25-22(24(28)30-16-31-25)23(33-36)17-4-6-18(7-5-17)26(38)32-27-29-11-14-39-27/h2-7,11,14,16,19-20H,8-10,12-13,15H2,1H3,(H2,28,30,31)(H,29,32,38). The molecule has 0 bridgehead atoms. The molecule has 1 saturated carbocycles. The molecule has 2 fully saturated rings. The predicted octanol–water partition coefficient (Wildman–Crippen LogP) is 3.21. The van der Waals surface area contributed by atoms with Crippen molar-refractivity contribution >= 4 is 45.1 Å². The first-order valence-corrected chi connectivity index (χ1v) is 13.8. The van der Waals surface area contributed by atoms with Crippen LogP contribution >= 0.6 is 11.3 Å². The molecule has 2 aliphatic rings. The van der Waals surface area contributed by atoms with Gasteiger partial charge in [0.2, 0.25) is 5.91 Å². The highest BCUT2D eigenvalue weighted by molar-refractivity contribution is 7.13. The summed E-state index contributed by atoms with van der Waals surface area (Å²) in [6, 6.07) is 7.78. The Bertz CT molecular complexity index is 1530. The molecular formula is C27H29N9O2S. The first kappa shape index (κ1) is 25.1. The van der Waals surface area contributed by atoms with Crippen molar-refractivity contribution in [2.75, 3.05) is 37.7 Å². The van der Waals surface area contributed by atoms with Crippen LogP contribution in [0.5, 0.6) is 0 Å². The molecule has 3 aromatic heterocycles. The Kier molecular flexibility index (Phi) is 6.79. The van der Waals surface area contributed by atoms with Gasteiger partial charge >= 0.3 is 0 Å². The SMILES string of the molecule is CN(CC=CC(=O)N1CCC(n2nc(-c3ccc(C(=O)Nc4nccs4)cc3)c3c(N)ncnc32)C1)C1CC1. The van der Waals surface area contributed by atoms with Gasteiger partial charge in [0.25, 0.3) is 5.91 Å². The van der Waals surface area contributed by atoms with Gasteiger partial charge in [-0.3, -0.25) is 19.8 Å². The number of nitrogens with two attached hydrogens (primary N) is 1. The highest BCUT2D eigenvalue weighted by Gasteiger charge is 2.30. The van der Waals surface area contributed by atoms with Crippen molar-refractivity contribution in [2.24, 2.45) is 0 Å². The quantitative estimate of drug-likeness (QED) is 0.324. The molecule has 1 aliphatic carbocycles. The van der Waals surface area contributed by atoms with Crippen LogP contribution < -0.4 is 11.1 Å². The number of hydrogen-bond acceptors (Lipinski definition) is 9. The number of thiazole rings is 1. The molecule has 12 heteroatoms. The molecule has 6 rings (SSSR count). The number of rotatable bonds is 8. The maximum atomic E-state index is 12.8. The second-order valence-corrected chi connectivity index (χ2v) is 10.8. The molecule has 11 nitrogen and oxygen atoms in total. The van der Waals surface area contributed by atoms with E-state index in [4.69, 9.17) is 10.8 Å². The van der Waals surface area contributed by atoms with Gasteiger partial charge in [-0.05, 0) is 38.4 Å². The summed E-state index contributed by atoms with van der Waals surface area (Å²) in [5.41, 5.74) is 8.85. The fourth-order valence-electron chi connectivity index (χ4n) is 4.92. The summed E-state index contributed by atoms with van der Waals surface area (Å²) in [6.45, 7) is 1.96. The topological polar surface area (TPSA) is 135 Å². The molecule has 200 valence electrons. The van der Waals surface area contributed by atoms with Gasteiger partial charge in [0.15, 0.2) is 10.8 Å². The average molecular weight is 544 g/mol. The van der Waals surface area contributed by atoms with Gasteiger partial charge in [0.1, 0.15) is 17.8 Å². The molecule has 0 spiro atoms. The zero-order chi connectivity index (χ0) is 26.9. The number of likely N-dealkylation sites (tertiary alicyclic amines) is 1. The fourth-order valence-corrected chi connectivity index (χ4v) is 5.44. The molecule has 2 amide bonds. The van der Waals surface area contributed by atoms with Crippen LogP contribution in [0.4, 0.5) is 10.9 Å².